The largest absolute Gasteiger partial charge is 0.417 e. The van der Waals surface area contributed by atoms with Crippen LogP contribution in [0.2, 0.25) is 10.0 Å². The fourth-order valence-corrected chi connectivity index (χ4v) is 4.57. The first-order valence-electron chi connectivity index (χ1n) is 9.69. The van der Waals surface area contributed by atoms with Crippen molar-refractivity contribution in [2.24, 2.45) is 0 Å². The molecule has 0 saturated heterocycles. The highest BCUT2D eigenvalue weighted by atomic mass is 35.5. The number of benzene rings is 2. The molecular weight excluding hydrogens is 512 g/mol. The molecule has 12 heteroatoms. The summed E-state index contributed by atoms with van der Waals surface area (Å²) in [5.41, 5.74) is -0.726. The van der Waals surface area contributed by atoms with Gasteiger partial charge >= 0.3 is 6.18 Å². The van der Waals surface area contributed by atoms with E-state index in [1.165, 1.54) is 28.7 Å². The highest BCUT2D eigenvalue weighted by molar-refractivity contribution is 7.90. The summed E-state index contributed by atoms with van der Waals surface area (Å²) in [5, 5.41) is 12.9. The summed E-state index contributed by atoms with van der Waals surface area (Å²) >= 11 is 12.2. The van der Waals surface area contributed by atoms with Crippen LogP contribution in [-0.2, 0) is 16.0 Å². The topological polar surface area (TPSA) is 87.3 Å². The molecule has 0 amide bonds. The summed E-state index contributed by atoms with van der Waals surface area (Å²) in [6.07, 6.45) is -3.73. The van der Waals surface area contributed by atoms with Crippen molar-refractivity contribution >= 4 is 55.5 Å². The van der Waals surface area contributed by atoms with Crippen molar-refractivity contribution in [1.29, 1.82) is 5.26 Å². The molecule has 176 valence electrons. The lowest BCUT2D eigenvalue weighted by Gasteiger charge is -2.20. The van der Waals surface area contributed by atoms with Gasteiger partial charge in [0.1, 0.15) is 17.5 Å². The van der Waals surface area contributed by atoms with Gasteiger partial charge in [0.15, 0.2) is 15.5 Å². The van der Waals surface area contributed by atoms with Crippen molar-refractivity contribution in [3.63, 3.8) is 0 Å². The Balaban J connectivity index is 1.93. The molecule has 1 atom stereocenters. The van der Waals surface area contributed by atoms with Gasteiger partial charge in [-0.2, -0.15) is 18.4 Å². The molecule has 0 aliphatic carbocycles. The van der Waals surface area contributed by atoms with Crippen LogP contribution in [0, 0.1) is 11.3 Å². The summed E-state index contributed by atoms with van der Waals surface area (Å²) in [6, 6.07) is 10.8. The number of nitrogens with one attached hydrogen (secondary N) is 1. The number of anilines is 1. The Morgan fingerprint density at radius 3 is 2.29 bits per heavy atom. The van der Waals surface area contributed by atoms with Crippen LogP contribution >= 0.6 is 23.2 Å². The third kappa shape index (κ3) is 4.27. The average molecular weight is 527 g/mol. The normalized spacial score (nSPS) is 13.2. The summed E-state index contributed by atoms with van der Waals surface area (Å²) in [7, 11) is -3.40. The predicted molar refractivity (Wildman–Crippen MR) is 124 cm³/mol. The summed E-state index contributed by atoms with van der Waals surface area (Å²) < 4.78 is 66.3. The van der Waals surface area contributed by atoms with Crippen LogP contribution in [0.5, 0.6) is 0 Å². The molecule has 2 aromatic heterocycles. The number of hydrogen-bond donors (Lipinski definition) is 1. The van der Waals surface area contributed by atoms with Gasteiger partial charge in [-0.15, -0.1) is 0 Å². The highest BCUT2D eigenvalue weighted by Gasteiger charge is 2.36. The Labute approximate surface area is 202 Å². The van der Waals surface area contributed by atoms with Gasteiger partial charge in [-0.25, -0.2) is 13.4 Å². The lowest BCUT2D eigenvalue weighted by atomic mass is 10.1. The Hall–Kier alpha value is -3.00. The minimum absolute atomic E-state index is 0.0157. The van der Waals surface area contributed by atoms with Crippen LogP contribution in [0.3, 0.4) is 0 Å². The van der Waals surface area contributed by atoms with E-state index < -0.39 is 33.2 Å². The zero-order valence-corrected chi connectivity index (χ0v) is 19.9. The van der Waals surface area contributed by atoms with Crippen molar-refractivity contribution in [3.8, 4) is 6.07 Å². The van der Waals surface area contributed by atoms with Crippen LogP contribution in [0.15, 0.2) is 47.4 Å². The van der Waals surface area contributed by atoms with E-state index in [1.54, 1.807) is 25.1 Å². The molecule has 1 N–H and O–H groups in total. The van der Waals surface area contributed by atoms with Gasteiger partial charge in [0, 0.05) is 12.3 Å². The Morgan fingerprint density at radius 1 is 1.12 bits per heavy atom. The van der Waals surface area contributed by atoms with Crippen molar-refractivity contribution in [3.05, 3.63) is 69.2 Å². The standard InChI is InChI=1S/C22H15Cl2F3N4O2S/c1-11(12-3-5-13(6-4-12)34(2,32)33)29-20-7-15(22(25,26)27)14(10-28)21-30-18-8-16(23)17(24)9-19(18)31(20)21/h3-9,11,29H,1-2H3. The monoisotopic (exact) mass is 526 g/mol. The zero-order valence-electron chi connectivity index (χ0n) is 17.6. The molecule has 6 nitrogen and oxygen atoms in total. The van der Waals surface area contributed by atoms with Crippen molar-refractivity contribution in [2.45, 2.75) is 24.0 Å². The van der Waals surface area contributed by atoms with Gasteiger partial charge < -0.3 is 5.32 Å². The fraction of sp³-hybridized carbons (Fsp3) is 0.182. The first-order chi connectivity index (χ1) is 15.8. The molecular formula is C22H15Cl2F3N4O2S. The number of pyridine rings is 1. The number of halogens is 5. The van der Waals surface area contributed by atoms with E-state index in [2.05, 4.69) is 10.3 Å². The smallest absolute Gasteiger partial charge is 0.365 e. The minimum Gasteiger partial charge on any atom is -0.365 e. The van der Waals surface area contributed by atoms with Gasteiger partial charge in [0.2, 0.25) is 0 Å². The maximum atomic E-state index is 13.8. The van der Waals surface area contributed by atoms with Gasteiger partial charge in [-0.1, -0.05) is 35.3 Å². The molecule has 4 aromatic rings. The van der Waals surface area contributed by atoms with E-state index in [0.717, 1.165) is 12.3 Å². The lowest BCUT2D eigenvalue weighted by molar-refractivity contribution is -0.137. The lowest BCUT2D eigenvalue weighted by Crippen LogP contribution is -2.15. The number of imidazole rings is 1. The molecule has 2 aromatic carbocycles. The third-order valence-corrected chi connectivity index (χ3v) is 7.15. The molecule has 0 bridgehead atoms. The summed E-state index contributed by atoms with van der Waals surface area (Å²) in [6.45, 7) is 1.70. The molecule has 4 rings (SSSR count). The van der Waals surface area contributed by atoms with E-state index in [9.17, 15) is 26.9 Å². The second-order valence-corrected chi connectivity index (χ2v) is 10.5. The number of nitriles is 1. The number of aromatic nitrogens is 2. The fourth-order valence-electron chi connectivity index (χ4n) is 3.63. The number of fused-ring (bicyclic) bond motifs is 3. The molecule has 0 spiro atoms. The molecule has 0 fully saturated rings. The predicted octanol–water partition coefficient (Wildman–Crippen LogP) is 6.26. The molecule has 34 heavy (non-hydrogen) atoms. The van der Waals surface area contributed by atoms with Crippen LogP contribution < -0.4 is 5.32 Å². The van der Waals surface area contributed by atoms with E-state index in [1.807, 2.05) is 0 Å². The van der Waals surface area contributed by atoms with Crippen molar-refractivity contribution < 1.29 is 21.6 Å². The third-order valence-electron chi connectivity index (χ3n) is 5.30. The minimum atomic E-state index is -4.81. The number of sulfone groups is 1. The Kier molecular flexibility index (Phi) is 5.92. The first-order valence-corrected chi connectivity index (χ1v) is 12.3. The number of rotatable bonds is 4. The SMILES string of the molecule is CC(Nc1cc(C(F)(F)F)c(C#N)c2nc3cc(Cl)c(Cl)cc3n12)c1ccc(S(C)(=O)=O)cc1. The van der Waals surface area contributed by atoms with Gasteiger partial charge in [-0.3, -0.25) is 4.40 Å². The van der Waals surface area contributed by atoms with E-state index in [-0.39, 0.29) is 31.9 Å². The maximum absolute atomic E-state index is 13.8. The molecule has 0 radical (unpaired) electrons. The van der Waals surface area contributed by atoms with Gasteiger partial charge in [0.05, 0.1) is 31.5 Å². The van der Waals surface area contributed by atoms with Crippen LogP contribution in [0.4, 0.5) is 19.0 Å². The number of alkyl halides is 3. The summed E-state index contributed by atoms with van der Waals surface area (Å²) in [4.78, 5) is 4.35. The van der Waals surface area contributed by atoms with Crippen molar-refractivity contribution in [1.82, 2.24) is 9.38 Å². The first kappa shape index (κ1) is 24.1. The second kappa shape index (κ2) is 8.34. The molecule has 2 heterocycles. The van der Waals surface area contributed by atoms with E-state index in [0.29, 0.717) is 11.1 Å². The molecule has 0 aliphatic heterocycles. The quantitative estimate of drug-likeness (QED) is 0.339. The van der Waals surface area contributed by atoms with Crippen molar-refractivity contribution in [2.75, 3.05) is 11.6 Å². The Bertz CT molecular complexity index is 1590. The number of hydrogen-bond acceptors (Lipinski definition) is 5. The van der Waals surface area contributed by atoms with Crippen LogP contribution in [-0.4, -0.2) is 24.1 Å². The second-order valence-electron chi connectivity index (χ2n) is 7.66. The maximum Gasteiger partial charge on any atom is 0.417 e. The van der Waals surface area contributed by atoms with Crippen LogP contribution in [0.25, 0.3) is 16.7 Å². The highest BCUT2D eigenvalue weighted by Crippen LogP contribution is 2.39. The molecule has 1 unspecified atom stereocenters. The Morgan fingerprint density at radius 2 is 1.74 bits per heavy atom. The van der Waals surface area contributed by atoms with E-state index in [4.69, 9.17) is 23.2 Å². The van der Waals surface area contributed by atoms with Gasteiger partial charge in [0.25, 0.3) is 0 Å². The molecule has 0 saturated carbocycles. The average Bonchev–Trinajstić information content (AvgIpc) is 3.11. The number of nitrogens with zero attached hydrogens (tertiary/aromatic N) is 3. The molecule has 0 aliphatic rings. The van der Waals surface area contributed by atoms with Gasteiger partial charge in [-0.05, 0) is 42.8 Å². The summed E-state index contributed by atoms with van der Waals surface area (Å²) in [5.74, 6) is 0.0157. The van der Waals surface area contributed by atoms with Crippen LogP contribution in [0.1, 0.15) is 29.7 Å². The zero-order chi connectivity index (χ0) is 25.0. The van der Waals surface area contributed by atoms with E-state index >= 15 is 0 Å².